The number of carbonyl (C=O) groups excluding carboxylic acids is 1. The van der Waals surface area contributed by atoms with Gasteiger partial charge >= 0.3 is 12.2 Å². The van der Waals surface area contributed by atoms with Gasteiger partial charge in [0.15, 0.2) is 0 Å². The molecule has 2 amide bonds. The molecule has 9 heteroatoms. The highest BCUT2D eigenvalue weighted by atomic mass is 35.5. The number of halogens is 1. The summed E-state index contributed by atoms with van der Waals surface area (Å²) in [6.07, 6.45) is 7.87. The zero-order valence-corrected chi connectivity index (χ0v) is 23.0. The molecule has 1 saturated heterocycles. The number of alkyl carbamates (subject to hydrolysis) is 1. The number of methoxy groups -OCH3 is 1. The van der Waals surface area contributed by atoms with Gasteiger partial charge in [-0.25, -0.2) is 9.59 Å². The summed E-state index contributed by atoms with van der Waals surface area (Å²) < 4.78 is 4.68. The molecule has 37 heavy (non-hydrogen) atoms. The summed E-state index contributed by atoms with van der Waals surface area (Å²) >= 11 is 6.37. The van der Waals surface area contributed by atoms with Gasteiger partial charge in [0, 0.05) is 30.1 Å². The van der Waals surface area contributed by atoms with Gasteiger partial charge in [-0.2, -0.15) is 0 Å². The van der Waals surface area contributed by atoms with Crippen LogP contribution in [0.25, 0.3) is 0 Å². The SMILES string of the molecule is CNCC(CC1CCCCC1)[C@@H]1[C@H]([C@@](O)(CCCNC(=O)OC)c2cccc(Cl)c2)CCCN1C(=O)O. The predicted octanol–water partition coefficient (Wildman–Crippen LogP) is 5.23. The van der Waals surface area contributed by atoms with Crippen LogP contribution in [0.3, 0.4) is 0 Å². The maximum Gasteiger partial charge on any atom is 0.407 e. The largest absolute Gasteiger partial charge is 0.465 e. The van der Waals surface area contributed by atoms with E-state index >= 15 is 0 Å². The van der Waals surface area contributed by atoms with Gasteiger partial charge in [-0.15, -0.1) is 0 Å². The van der Waals surface area contributed by atoms with E-state index in [0.717, 1.165) is 6.42 Å². The van der Waals surface area contributed by atoms with Crippen LogP contribution < -0.4 is 10.6 Å². The van der Waals surface area contributed by atoms with Crippen molar-refractivity contribution in [1.82, 2.24) is 15.5 Å². The molecule has 3 rings (SSSR count). The molecule has 1 unspecified atom stereocenters. The van der Waals surface area contributed by atoms with Crippen LogP contribution in [0.2, 0.25) is 5.02 Å². The van der Waals surface area contributed by atoms with Crippen LogP contribution in [0.4, 0.5) is 9.59 Å². The third-order valence-corrected chi connectivity index (χ3v) is 8.60. The molecule has 1 heterocycles. The average Bonchev–Trinajstić information content (AvgIpc) is 2.90. The molecule has 0 aromatic heterocycles. The normalized spacial score (nSPS) is 23.2. The summed E-state index contributed by atoms with van der Waals surface area (Å²) in [4.78, 5) is 25.7. The van der Waals surface area contributed by atoms with Gasteiger partial charge in [-0.1, -0.05) is 55.8 Å². The maximum absolute atomic E-state index is 12.5. The minimum absolute atomic E-state index is 0.0772. The number of nitrogens with zero attached hydrogens (tertiary/aromatic N) is 1. The Bertz CT molecular complexity index is 881. The molecule has 1 saturated carbocycles. The van der Waals surface area contributed by atoms with Crippen LogP contribution >= 0.6 is 11.6 Å². The van der Waals surface area contributed by atoms with Gasteiger partial charge in [0.1, 0.15) is 0 Å². The lowest BCUT2D eigenvalue weighted by Crippen LogP contribution is -2.59. The lowest BCUT2D eigenvalue weighted by Gasteiger charge is -2.51. The zero-order chi connectivity index (χ0) is 26.8. The van der Waals surface area contributed by atoms with Crippen molar-refractivity contribution in [2.24, 2.45) is 17.8 Å². The van der Waals surface area contributed by atoms with Gasteiger partial charge in [0.2, 0.25) is 0 Å². The van der Waals surface area contributed by atoms with E-state index in [4.69, 9.17) is 11.6 Å². The van der Waals surface area contributed by atoms with E-state index < -0.39 is 17.8 Å². The molecular formula is C28H44ClN3O5. The number of amides is 2. The molecule has 1 aromatic carbocycles. The van der Waals surface area contributed by atoms with E-state index in [1.807, 2.05) is 19.2 Å². The highest BCUT2D eigenvalue weighted by Crippen LogP contribution is 2.46. The number of ether oxygens (including phenoxy) is 1. The fourth-order valence-corrected chi connectivity index (χ4v) is 6.92. The maximum atomic E-state index is 12.5. The second-order valence-electron chi connectivity index (χ2n) is 10.7. The molecule has 208 valence electrons. The smallest absolute Gasteiger partial charge is 0.407 e. The van der Waals surface area contributed by atoms with Crippen molar-refractivity contribution in [1.29, 1.82) is 0 Å². The van der Waals surface area contributed by atoms with Gasteiger partial charge in [0.25, 0.3) is 0 Å². The van der Waals surface area contributed by atoms with E-state index in [0.29, 0.717) is 61.8 Å². The van der Waals surface area contributed by atoms with E-state index in [9.17, 15) is 19.8 Å². The number of carbonyl (C=O) groups is 2. The summed E-state index contributed by atoms with van der Waals surface area (Å²) in [5.41, 5.74) is -0.610. The van der Waals surface area contributed by atoms with Gasteiger partial charge < -0.3 is 30.5 Å². The molecular weight excluding hydrogens is 494 g/mol. The second-order valence-corrected chi connectivity index (χ2v) is 11.2. The van der Waals surface area contributed by atoms with Crippen LogP contribution in [-0.2, 0) is 10.3 Å². The quantitative estimate of drug-likeness (QED) is 0.288. The van der Waals surface area contributed by atoms with Crippen molar-refractivity contribution < 1.29 is 24.5 Å². The Morgan fingerprint density at radius 2 is 1.97 bits per heavy atom. The molecule has 4 N–H and O–H groups in total. The Labute approximate surface area is 226 Å². The van der Waals surface area contributed by atoms with Crippen LogP contribution in [0.1, 0.15) is 69.8 Å². The molecule has 0 spiro atoms. The number of hydrogen-bond donors (Lipinski definition) is 4. The first-order valence-corrected chi connectivity index (χ1v) is 14.1. The highest BCUT2D eigenvalue weighted by molar-refractivity contribution is 6.30. The van der Waals surface area contributed by atoms with E-state index in [1.165, 1.54) is 39.2 Å². The number of hydrogen-bond acceptors (Lipinski definition) is 5. The molecule has 8 nitrogen and oxygen atoms in total. The average molecular weight is 538 g/mol. The molecule has 1 aliphatic heterocycles. The van der Waals surface area contributed by atoms with E-state index in [2.05, 4.69) is 15.4 Å². The van der Waals surface area contributed by atoms with Crippen molar-refractivity contribution in [3.63, 3.8) is 0 Å². The van der Waals surface area contributed by atoms with E-state index in [-0.39, 0.29) is 17.9 Å². The van der Waals surface area contributed by atoms with Crippen molar-refractivity contribution in [3.8, 4) is 0 Å². The number of likely N-dealkylation sites (tertiary alicyclic amines) is 1. The lowest BCUT2D eigenvalue weighted by atomic mass is 9.65. The molecule has 0 radical (unpaired) electrons. The lowest BCUT2D eigenvalue weighted by molar-refractivity contribution is -0.0968. The Kier molecular flexibility index (Phi) is 11.3. The number of benzene rings is 1. The molecule has 4 atom stereocenters. The summed E-state index contributed by atoms with van der Waals surface area (Å²) in [7, 11) is 3.23. The zero-order valence-electron chi connectivity index (χ0n) is 22.3. The number of carboxylic acid groups (broad SMARTS) is 1. The van der Waals surface area contributed by atoms with Gasteiger partial charge in [-0.3, -0.25) is 0 Å². The predicted molar refractivity (Wildman–Crippen MR) is 145 cm³/mol. The molecule has 1 aliphatic carbocycles. The first-order chi connectivity index (χ1) is 17.8. The summed E-state index contributed by atoms with van der Waals surface area (Å²) in [6, 6.07) is 6.94. The first-order valence-electron chi connectivity index (χ1n) is 13.7. The van der Waals surface area contributed by atoms with E-state index in [1.54, 1.807) is 17.0 Å². The van der Waals surface area contributed by atoms with Gasteiger partial charge in [0.05, 0.1) is 12.7 Å². The topological polar surface area (TPSA) is 111 Å². The molecule has 1 aromatic rings. The van der Waals surface area contributed by atoms with Crippen LogP contribution in [-0.4, -0.2) is 67.1 Å². The van der Waals surface area contributed by atoms with Crippen molar-refractivity contribution in [2.75, 3.05) is 33.8 Å². The summed E-state index contributed by atoms with van der Waals surface area (Å²) in [5, 5.41) is 29.3. The summed E-state index contributed by atoms with van der Waals surface area (Å²) in [5.74, 6) is 0.345. The fraction of sp³-hybridized carbons (Fsp3) is 0.714. The Hall–Kier alpha value is -2.03. The number of nitrogens with one attached hydrogen (secondary N) is 2. The first kappa shape index (κ1) is 29.5. The van der Waals surface area contributed by atoms with Crippen LogP contribution in [0, 0.1) is 17.8 Å². The standard InChI is InChI=1S/C28H44ClN3O5/c1-30-19-21(17-20-9-4-3-5-10-20)25-24(13-7-16-32(25)27(34)35)28(36,14-8-15-31-26(33)37-2)22-11-6-12-23(29)18-22/h6,11-12,18,20-21,24-25,30,36H,3-5,7-10,13-17,19H2,1-2H3,(H,31,33)(H,34,35)/t21?,24-,25-,28-/m1/s1. The monoisotopic (exact) mass is 537 g/mol. The number of piperidine rings is 1. The minimum atomic E-state index is -1.31. The second kappa shape index (κ2) is 14.2. The van der Waals surface area contributed by atoms with Crippen molar-refractivity contribution >= 4 is 23.8 Å². The Morgan fingerprint density at radius 1 is 1.22 bits per heavy atom. The highest BCUT2D eigenvalue weighted by Gasteiger charge is 2.50. The van der Waals surface area contributed by atoms with Crippen LogP contribution in [0.15, 0.2) is 24.3 Å². The van der Waals surface area contributed by atoms with Crippen LogP contribution in [0.5, 0.6) is 0 Å². The van der Waals surface area contributed by atoms with Crippen molar-refractivity contribution in [2.45, 2.75) is 75.9 Å². The minimum Gasteiger partial charge on any atom is -0.465 e. The third kappa shape index (κ3) is 7.74. The number of aliphatic hydroxyl groups is 1. The summed E-state index contributed by atoms with van der Waals surface area (Å²) in [6.45, 7) is 1.51. The molecule has 2 aliphatic rings. The van der Waals surface area contributed by atoms with Gasteiger partial charge in [-0.05, 0) is 75.2 Å². The number of rotatable bonds is 11. The molecule has 0 bridgehead atoms. The fourth-order valence-electron chi connectivity index (χ4n) is 6.72. The van der Waals surface area contributed by atoms with Crippen molar-refractivity contribution in [3.05, 3.63) is 34.9 Å². The Balaban J connectivity index is 1.98. The third-order valence-electron chi connectivity index (χ3n) is 8.37. The Morgan fingerprint density at radius 3 is 2.62 bits per heavy atom. The molecule has 2 fully saturated rings.